The maximum absolute atomic E-state index is 5.11. The van der Waals surface area contributed by atoms with Gasteiger partial charge in [0.2, 0.25) is 0 Å². The Balaban J connectivity index is 1.68. The fourth-order valence-electron chi connectivity index (χ4n) is 1.05. The molecule has 0 N–H and O–H groups in total. The minimum Gasteiger partial charge on any atom is -0.373 e. The maximum Gasteiger partial charge on any atom is 0.0810 e. The third-order valence-corrected chi connectivity index (χ3v) is 2.37. The number of epoxide rings is 1. The van der Waals surface area contributed by atoms with Crippen LogP contribution in [-0.4, -0.2) is 18.0 Å². The highest BCUT2D eigenvalue weighted by atomic mass is 79.9. The molecular formula is C8H15BrO. The quantitative estimate of drug-likeness (QED) is 0.370. The van der Waals surface area contributed by atoms with Crippen molar-refractivity contribution in [2.45, 2.75) is 38.2 Å². The molecule has 1 aliphatic heterocycles. The molecule has 1 nitrogen and oxygen atoms in total. The highest BCUT2D eigenvalue weighted by Crippen LogP contribution is 2.17. The molecule has 60 valence electrons. The van der Waals surface area contributed by atoms with E-state index in [-0.39, 0.29) is 0 Å². The van der Waals surface area contributed by atoms with E-state index in [9.17, 15) is 0 Å². The van der Waals surface area contributed by atoms with Gasteiger partial charge in [0.25, 0.3) is 0 Å². The Morgan fingerprint density at radius 1 is 1.20 bits per heavy atom. The van der Waals surface area contributed by atoms with E-state index in [1.54, 1.807) is 0 Å². The molecule has 1 aliphatic rings. The van der Waals surface area contributed by atoms with Gasteiger partial charge in [0.05, 0.1) is 12.7 Å². The molecule has 0 saturated carbocycles. The second-order valence-corrected chi connectivity index (χ2v) is 3.64. The maximum atomic E-state index is 5.11. The van der Waals surface area contributed by atoms with Crippen molar-refractivity contribution in [3.05, 3.63) is 0 Å². The molecule has 1 heterocycles. The lowest BCUT2D eigenvalue weighted by atomic mass is 10.1. The van der Waals surface area contributed by atoms with Gasteiger partial charge in [0.15, 0.2) is 0 Å². The molecule has 0 aliphatic carbocycles. The first-order chi connectivity index (χ1) is 4.93. The summed E-state index contributed by atoms with van der Waals surface area (Å²) in [5.41, 5.74) is 0. The number of hydrogen-bond acceptors (Lipinski definition) is 1. The average Bonchev–Trinajstić information content (AvgIpc) is 2.71. The summed E-state index contributed by atoms with van der Waals surface area (Å²) < 4.78 is 5.11. The minimum absolute atomic E-state index is 0.643. The molecule has 1 atom stereocenters. The molecule has 0 aromatic heterocycles. The highest BCUT2D eigenvalue weighted by molar-refractivity contribution is 9.09. The first-order valence-electron chi connectivity index (χ1n) is 4.11. The normalized spacial score (nSPS) is 23.1. The molecule has 0 bridgehead atoms. The van der Waals surface area contributed by atoms with E-state index in [1.165, 1.54) is 32.1 Å². The van der Waals surface area contributed by atoms with Gasteiger partial charge in [-0.05, 0) is 12.8 Å². The fourth-order valence-corrected chi connectivity index (χ4v) is 1.45. The van der Waals surface area contributed by atoms with Crippen LogP contribution in [0.3, 0.4) is 0 Å². The molecule has 1 unspecified atom stereocenters. The zero-order valence-electron chi connectivity index (χ0n) is 6.31. The Hall–Kier alpha value is 0.440. The smallest absolute Gasteiger partial charge is 0.0810 e. The Morgan fingerprint density at radius 3 is 2.50 bits per heavy atom. The number of halogens is 1. The zero-order chi connectivity index (χ0) is 7.23. The predicted octanol–water partition coefficient (Wildman–Crippen LogP) is 2.73. The van der Waals surface area contributed by atoms with Gasteiger partial charge in [-0.25, -0.2) is 0 Å². The van der Waals surface area contributed by atoms with Crippen molar-refractivity contribution in [1.82, 2.24) is 0 Å². The number of rotatable bonds is 6. The van der Waals surface area contributed by atoms with Gasteiger partial charge in [-0.15, -0.1) is 0 Å². The van der Waals surface area contributed by atoms with Crippen molar-refractivity contribution >= 4 is 15.9 Å². The van der Waals surface area contributed by atoms with Gasteiger partial charge in [0.1, 0.15) is 0 Å². The predicted molar refractivity (Wildman–Crippen MR) is 46.6 cm³/mol. The van der Waals surface area contributed by atoms with Crippen molar-refractivity contribution < 1.29 is 4.74 Å². The van der Waals surface area contributed by atoms with Crippen molar-refractivity contribution in [2.75, 3.05) is 11.9 Å². The summed E-state index contributed by atoms with van der Waals surface area (Å²) in [6.07, 6.45) is 7.37. The van der Waals surface area contributed by atoms with Crippen LogP contribution in [0.4, 0.5) is 0 Å². The molecular weight excluding hydrogens is 192 g/mol. The molecule has 0 radical (unpaired) electrons. The van der Waals surface area contributed by atoms with Gasteiger partial charge in [0, 0.05) is 5.33 Å². The van der Waals surface area contributed by atoms with E-state index in [0.29, 0.717) is 6.10 Å². The number of unbranched alkanes of at least 4 members (excludes halogenated alkanes) is 3. The van der Waals surface area contributed by atoms with Crippen LogP contribution in [0.2, 0.25) is 0 Å². The summed E-state index contributed by atoms with van der Waals surface area (Å²) in [5, 5.41) is 1.16. The average molecular weight is 207 g/mol. The molecule has 1 saturated heterocycles. The van der Waals surface area contributed by atoms with Crippen LogP contribution in [-0.2, 0) is 4.74 Å². The molecule has 0 amide bonds. The molecule has 1 rings (SSSR count). The lowest BCUT2D eigenvalue weighted by Gasteiger charge is -1.95. The Morgan fingerprint density at radius 2 is 1.90 bits per heavy atom. The summed E-state index contributed by atoms with van der Waals surface area (Å²) >= 11 is 3.42. The third-order valence-electron chi connectivity index (χ3n) is 1.81. The standard InChI is InChI=1S/C8H15BrO/c9-6-4-2-1-3-5-8-7-10-8/h8H,1-7H2. The van der Waals surface area contributed by atoms with Crippen molar-refractivity contribution in [2.24, 2.45) is 0 Å². The largest absolute Gasteiger partial charge is 0.373 e. The summed E-state index contributed by atoms with van der Waals surface area (Å²) in [7, 11) is 0. The zero-order valence-corrected chi connectivity index (χ0v) is 7.90. The molecule has 0 spiro atoms. The molecule has 10 heavy (non-hydrogen) atoms. The lowest BCUT2D eigenvalue weighted by molar-refractivity contribution is 0.388. The van der Waals surface area contributed by atoms with Gasteiger partial charge >= 0.3 is 0 Å². The molecule has 2 heteroatoms. The first kappa shape index (κ1) is 8.54. The second-order valence-electron chi connectivity index (χ2n) is 2.85. The number of ether oxygens (including phenoxy) is 1. The van der Waals surface area contributed by atoms with Crippen molar-refractivity contribution in [3.8, 4) is 0 Å². The van der Waals surface area contributed by atoms with Gasteiger partial charge < -0.3 is 4.74 Å². The SMILES string of the molecule is BrCCCCCCC1CO1. The van der Waals surface area contributed by atoms with Crippen LogP contribution in [0, 0.1) is 0 Å². The van der Waals surface area contributed by atoms with Crippen LogP contribution < -0.4 is 0 Å². The van der Waals surface area contributed by atoms with E-state index < -0.39 is 0 Å². The minimum atomic E-state index is 0.643. The van der Waals surface area contributed by atoms with E-state index in [4.69, 9.17) is 4.74 Å². The monoisotopic (exact) mass is 206 g/mol. The van der Waals surface area contributed by atoms with Gasteiger partial charge in [-0.3, -0.25) is 0 Å². The summed E-state index contributed by atoms with van der Waals surface area (Å²) in [6.45, 7) is 1.03. The summed E-state index contributed by atoms with van der Waals surface area (Å²) in [6, 6.07) is 0. The molecule has 0 aromatic carbocycles. The van der Waals surface area contributed by atoms with Gasteiger partial charge in [-0.1, -0.05) is 35.2 Å². The van der Waals surface area contributed by atoms with Crippen molar-refractivity contribution in [3.63, 3.8) is 0 Å². The molecule has 0 aromatic rings. The topological polar surface area (TPSA) is 12.5 Å². The van der Waals surface area contributed by atoms with Crippen LogP contribution in [0.5, 0.6) is 0 Å². The number of hydrogen-bond donors (Lipinski definition) is 0. The highest BCUT2D eigenvalue weighted by Gasteiger charge is 2.20. The third kappa shape index (κ3) is 4.29. The Labute approximate surface area is 71.3 Å². The van der Waals surface area contributed by atoms with Crippen LogP contribution >= 0.6 is 15.9 Å². The fraction of sp³-hybridized carbons (Fsp3) is 1.00. The van der Waals surface area contributed by atoms with E-state index in [1.807, 2.05) is 0 Å². The summed E-state index contributed by atoms with van der Waals surface area (Å²) in [4.78, 5) is 0. The Kier molecular flexibility index (Phi) is 4.39. The summed E-state index contributed by atoms with van der Waals surface area (Å²) in [5.74, 6) is 0. The second kappa shape index (κ2) is 5.14. The number of alkyl halides is 1. The van der Waals surface area contributed by atoms with Crippen LogP contribution in [0.15, 0.2) is 0 Å². The molecule has 1 fully saturated rings. The van der Waals surface area contributed by atoms with Gasteiger partial charge in [-0.2, -0.15) is 0 Å². The van der Waals surface area contributed by atoms with Crippen LogP contribution in [0.1, 0.15) is 32.1 Å². The lowest BCUT2D eigenvalue weighted by Crippen LogP contribution is -1.85. The van der Waals surface area contributed by atoms with Crippen molar-refractivity contribution in [1.29, 1.82) is 0 Å². The first-order valence-corrected chi connectivity index (χ1v) is 5.23. The van der Waals surface area contributed by atoms with E-state index in [2.05, 4.69) is 15.9 Å². The van der Waals surface area contributed by atoms with E-state index >= 15 is 0 Å². The Bertz CT molecular complexity index is 81.3. The van der Waals surface area contributed by atoms with Crippen LogP contribution in [0.25, 0.3) is 0 Å². The van der Waals surface area contributed by atoms with E-state index in [0.717, 1.165) is 11.9 Å².